The number of aromatic amines is 1. The number of nitrogens with zero attached hydrogens (tertiary/aromatic N) is 1. The van der Waals surface area contributed by atoms with E-state index in [0.29, 0.717) is 4.64 Å². The second kappa shape index (κ2) is 12.4. The smallest absolute Gasteiger partial charge is 0.459 e. The number of carbonyl (C=O) groups is 1. The van der Waals surface area contributed by atoms with E-state index < -0.39 is 57.3 Å². The molecule has 0 radical (unpaired) electrons. The molecular formula is C23H27FN3O7PS2. The number of para-hydroxylation sites is 1. The summed E-state index contributed by atoms with van der Waals surface area (Å²) in [6, 6.07) is 8.57. The quantitative estimate of drug-likeness (QED) is 0.181. The number of esters is 1. The largest absolute Gasteiger partial charge is 0.462 e. The van der Waals surface area contributed by atoms with Gasteiger partial charge in [0.15, 0.2) is 17.2 Å². The molecule has 2 heterocycles. The van der Waals surface area contributed by atoms with Gasteiger partial charge in [0.2, 0.25) is 0 Å². The van der Waals surface area contributed by atoms with E-state index in [0.717, 1.165) is 0 Å². The number of rotatable bonds is 10. The van der Waals surface area contributed by atoms with Crippen LogP contribution in [0.5, 0.6) is 5.75 Å². The first kappa shape index (κ1) is 29.1. The van der Waals surface area contributed by atoms with Crippen LogP contribution in [0, 0.1) is 21.8 Å². The van der Waals surface area contributed by atoms with Gasteiger partial charge in [-0.3, -0.25) is 13.9 Å². The van der Waals surface area contributed by atoms with Gasteiger partial charge in [0.25, 0.3) is 5.79 Å². The first-order valence-corrected chi connectivity index (χ1v) is 13.5. The highest BCUT2D eigenvalue weighted by molar-refractivity contribution is 7.72. The molecule has 5 atom stereocenters. The highest BCUT2D eigenvalue weighted by Gasteiger charge is 2.46. The van der Waals surface area contributed by atoms with Crippen LogP contribution in [0.3, 0.4) is 0 Å². The predicted octanol–water partition coefficient (Wildman–Crippen LogP) is 4.62. The van der Waals surface area contributed by atoms with Gasteiger partial charge >= 0.3 is 13.7 Å². The molecule has 37 heavy (non-hydrogen) atoms. The fraction of sp³-hybridized carbons (Fsp3) is 0.435. The van der Waals surface area contributed by atoms with Crippen molar-refractivity contribution in [3.63, 3.8) is 0 Å². The maximum atomic E-state index is 14.8. The molecule has 1 aromatic heterocycles. The van der Waals surface area contributed by atoms with Crippen LogP contribution in [0.4, 0.5) is 4.39 Å². The van der Waals surface area contributed by atoms with E-state index in [1.54, 1.807) is 44.2 Å². The van der Waals surface area contributed by atoms with Gasteiger partial charge in [0, 0.05) is 6.20 Å². The lowest BCUT2D eigenvalue weighted by atomic mass is 10.2. The number of terminal acetylenes is 1. The molecule has 1 aliphatic heterocycles. The zero-order valence-corrected chi connectivity index (χ0v) is 22.8. The van der Waals surface area contributed by atoms with Gasteiger partial charge < -0.3 is 23.7 Å². The molecule has 2 N–H and O–H groups in total. The fourth-order valence-corrected chi connectivity index (χ4v) is 5.15. The van der Waals surface area contributed by atoms with E-state index in [1.165, 1.54) is 23.8 Å². The standard InChI is InChI=1S/C23H27FN3O7PS2/c1-5-23(30-13-18(24)20(33-23)27-12-11-19(36)25-22(27)37)14-31-35(29,34-17-9-7-6-8-10-17)26-16(4)21(28)32-15(2)3/h1,6-12,15-16,18,20H,13-14H2,2-4H3,(H,26,29)(H,25,36,37)/t16-,18?,20+,23+,35?/m0/s1. The maximum Gasteiger partial charge on any atom is 0.459 e. The summed E-state index contributed by atoms with van der Waals surface area (Å²) in [5, 5.41) is 2.54. The van der Waals surface area contributed by atoms with Gasteiger partial charge in [-0.2, -0.15) is 5.09 Å². The second-order valence-electron chi connectivity index (χ2n) is 8.26. The molecule has 1 aliphatic rings. The Labute approximate surface area is 224 Å². The minimum Gasteiger partial charge on any atom is -0.462 e. The molecule has 0 bridgehead atoms. The number of ether oxygens (including phenoxy) is 3. The number of halogens is 1. The number of benzene rings is 1. The van der Waals surface area contributed by atoms with E-state index in [9.17, 15) is 13.8 Å². The van der Waals surface area contributed by atoms with Crippen LogP contribution in [0.2, 0.25) is 0 Å². The summed E-state index contributed by atoms with van der Waals surface area (Å²) in [6.07, 6.45) is 3.80. The van der Waals surface area contributed by atoms with Crippen LogP contribution in [-0.2, 0) is 28.1 Å². The summed E-state index contributed by atoms with van der Waals surface area (Å²) in [5.41, 5.74) is 0. The van der Waals surface area contributed by atoms with Crippen molar-refractivity contribution in [3.8, 4) is 18.1 Å². The number of aromatic nitrogens is 2. The lowest BCUT2D eigenvalue weighted by Crippen LogP contribution is -2.50. The number of H-pyrrole nitrogens is 1. The SMILES string of the molecule is C#C[C@@]1(COP(=O)(N[C@@H](C)C(=O)OC(C)C)Oc2ccccc2)OCC(F)[C@H](n2ccc(=S)[nH]c2=S)O1. The summed E-state index contributed by atoms with van der Waals surface area (Å²) in [4.78, 5) is 15.1. The molecule has 0 amide bonds. The minimum absolute atomic E-state index is 0.103. The molecule has 2 unspecified atom stereocenters. The molecule has 2 aromatic rings. The third kappa shape index (κ3) is 7.78. The van der Waals surface area contributed by atoms with Crippen molar-refractivity contribution in [2.45, 2.75) is 51.1 Å². The normalized spacial score (nSPS) is 24.0. The third-order valence-corrected chi connectivity index (χ3v) is 7.07. The topological polar surface area (TPSA) is 113 Å². The lowest BCUT2D eigenvalue weighted by molar-refractivity contribution is -0.309. The molecule has 3 rings (SSSR count). The van der Waals surface area contributed by atoms with E-state index in [1.807, 2.05) is 0 Å². The Kier molecular flexibility index (Phi) is 9.77. The van der Waals surface area contributed by atoms with Crippen molar-refractivity contribution in [1.82, 2.24) is 14.6 Å². The fourth-order valence-electron chi connectivity index (χ4n) is 3.16. The predicted molar refractivity (Wildman–Crippen MR) is 137 cm³/mol. The minimum atomic E-state index is -4.29. The molecule has 0 aliphatic carbocycles. The van der Waals surface area contributed by atoms with E-state index in [4.69, 9.17) is 54.1 Å². The number of nitrogens with one attached hydrogen (secondary N) is 2. The van der Waals surface area contributed by atoms with Gasteiger partial charge in [-0.1, -0.05) is 30.4 Å². The van der Waals surface area contributed by atoms with Gasteiger partial charge in [0.05, 0.1) is 12.7 Å². The van der Waals surface area contributed by atoms with Gasteiger partial charge in [-0.25, -0.2) is 8.96 Å². The summed E-state index contributed by atoms with van der Waals surface area (Å²) in [7, 11) is -4.29. The molecule has 1 saturated heterocycles. The Hall–Kier alpha value is -2.43. The third-order valence-electron chi connectivity index (χ3n) is 4.89. The molecule has 10 nitrogen and oxygen atoms in total. The highest BCUT2D eigenvalue weighted by Crippen LogP contribution is 2.46. The maximum absolute atomic E-state index is 14.8. The molecule has 0 spiro atoms. The summed E-state index contributed by atoms with van der Waals surface area (Å²) >= 11 is 10.3. The Morgan fingerprint density at radius 1 is 1.35 bits per heavy atom. The first-order chi connectivity index (χ1) is 17.5. The number of alkyl halides is 1. The Morgan fingerprint density at radius 3 is 2.68 bits per heavy atom. The number of carbonyl (C=O) groups excluding carboxylic acids is 1. The van der Waals surface area contributed by atoms with Crippen LogP contribution in [-0.4, -0.2) is 52.8 Å². The van der Waals surface area contributed by atoms with E-state index >= 15 is 0 Å². The van der Waals surface area contributed by atoms with Crippen molar-refractivity contribution in [2.24, 2.45) is 0 Å². The van der Waals surface area contributed by atoms with E-state index in [-0.39, 0.29) is 10.5 Å². The van der Waals surface area contributed by atoms with Crippen molar-refractivity contribution in [2.75, 3.05) is 13.2 Å². The Bertz CT molecular complexity index is 1300. The zero-order chi connectivity index (χ0) is 27.2. The van der Waals surface area contributed by atoms with Crippen molar-refractivity contribution < 1.29 is 37.0 Å². The first-order valence-electron chi connectivity index (χ1n) is 11.2. The van der Waals surface area contributed by atoms with Gasteiger partial charge in [-0.05, 0) is 57.1 Å². The number of hydrogen-bond acceptors (Lipinski definition) is 9. The molecule has 14 heteroatoms. The second-order valence-corrected chi connectivity index (χ2v) is 10.8. The van der Waals surface area contributed by atoms with Crippen LogP contribution >= 0.6 is 32.2 Å². The Balaban J connectivity index is 1.84. The Morgan fingerprint density at radius 2 is 2.05 bits per heavy atom. The summed E-state index contributed by atoms with van der Waals surface area (Å²) < 4.78 is 57.9. The average Bonchev–Trinajstić information content (AvgIpc) is 2.84. The van der Waals surface area contributed by atoms with Gasteiger partial charge in [0.1, 0.15) is 23.0 Å². The lowest BCUT2D eigenvalue weighted by Gasteiger charge is -2.39. The molecule has 200 valence electrons. The van der Waals surface area contributed by atoms with E-state index in [2.05, 4.69) is 16.0 Å². The molecule has 1 fully saturated rings. The van der Waals surface area contributed by atoms with Crippen molar-refractivity contribution in [3.05, 3.63) is 52.0 Å². The van der Waals surface area contributed by atoms with Crippen LogP contribution < -0.4 is 9.61 Å². The van der Waals surface area contributed by atoms with Crippen LogP contribution in [0.25, 0.3) is 0 Å². The summed E-state index contributed by atoms with van der Waals surface area (Å²) in [5.74, 6) is -0.155. The van der Waals surface area contributed by atoms with Crippen molar-refractivity contribution in [1.29, 1.82) is 0 Å². The van der Waals surface area contributed by atoms with Gasteiger partial charge in [-0.15, -0.1) is 6.42 Å². The zero-order valence-electron chi connectivity index (χ0n) is 20.3. The molecular weight excluding hydrogens is 544 g/mol. The van der Waals surface area contributed by atoms with Crippen LogP contribution in [0.1, 0.15) is 27.0 Å². The van der Waals surface area contributed by atoms with Crippen molar-refractivity contribution >= 4 is 38.2 Å². The highest BCUT2D eigenvalue weighted by atomic mass is 32.1. The van der Waals surface area contributed by atoms with Crippen LogP contribution in [0.15, 0.2) is 42.6 Å². The molecule has 0 saturated carbocycles. The summed E-state index contributed by atoms with van der Waals surface area (Å²) in [6.45, 7) is 3.67. The monoisotopic (exact) mass is 571 g/mol. The molecule has 1 aromatic carbocycles. The number of hydrogen-bond donors (Lipinski definition) is 2. The average molecular weight is 572 g/mol.